The second-order valence-corrected chi connectivity index (χ2v) is 22.8. The number of aliphatic hydroxyl groups excluding tert-OH is 3. The summed E-state index contributed by atoms with van der Waals surface area (Å²) in [4.78, 5) is 170. The molecule has 31 heteroatoms. The van der Waals surface area contributed by atoms with Gasteiger partial charge in [0.05, 0.1) is 31.8 Å². The highest BCUT2D eigenvalue weighted by molar-refractivity contribution is 6.00. The summed E-state index contributed by atoms with van der Waals surface area (Å²) in [5.74, 6) is -14.1. The molecule has 0 bridgehead atoms. The van der Waals surface area contributed by atoms with E-state index in [4.69, 9.17) is 16.2 Å². The fraction of sp³-hybridized carbons (Fsp3) is 0.672. The van der Waals surface area contributed by atoms with Crippen LogP contribution in [0, 0.1) is 23.7 Å². The number of guanidine groups is 1. The number of amides is 11. The second kappa shape index (κ2) is 37.1. The van der Waals surface area contributed by atoms with Gasteiger partial charge >= 0.3 is 5.97 Å². The number of nitrogens with two attached hydrogens (primary N) is 2. The summed E-state index contributed by atoms with van der Waals surface area (Å²) >= 11 is 0. The van der Waals surface area contributed by atoms with E-state index in [0.29, 0.717) is 12.8 Å². The Labute approximate surface area is 518 Å². The Kier molecular flexibility index (Phi) is 31.3. The SMILES string of the molecule is CC[C@H](CO)[C@@H](NC(=O)[C@@H](CCC(N)=O)NC(=O)[C@H](CO)NC(=O)[C@@H](NC(=O)[C@@H](Cc1ccccc1)NC)[C@@H](C)CC)C(=O)N[C@H](C(=O)N[C@@H](CO)C(=O)N[C@H]1C(=O)N[C@@H](C)C(=O)N[C@@H](C[C@H]2CN=C(N)N2)C(=O)N[C@@H]([C@@H](C)CC)C(=O)O[C@H]1C)[C@@H](C)CC. The first-order chi connectivity index (χ1) is 42.1. The maximum absolute atomic E-state index is 14.5. The normalized spacial score (nSPS) is 22.6. The quantitative estimate of drug-likeness (QED) is 0.0292. The van der Waals surface area contributed by atoms with Gasteiger partial charge in [0.2, 0.25) is 65.0 Å². The second-order valence-electron chi connectivity index (χ2n) is 22.8. The van der Waals surface area contributed by atoms with Crippen molar-refractivity contribution in [1.82, 2.24) is 63.8 Å². The number of benzene rings is 1. The molecule has 0 aromatic heterocycles. The van der Waals surface area contributed by atoms with Crippen LogP contribution in [-0.2, 0) is 68.7 Å². The predicted octanol–water partition coefficient (Wildman–Crippen LogP) is -5.29. The van der Waals surface area contributed by atoms with Crippen molar-refractivity contribution in [1.29, 1.82) is 0 Å². The topological polar surface area (TPSA) is 484 Å². The minimum Gasteiger partial charge on any atom is -0.458 e. The molecule has 3 rings (SSSR count). The van der Waals surface area contributed by atoms with E-state index in [0.717, 1.165) is 5.56 Å². The van der Waals surface area contributed by atoms with Crippen molar-refractivity contribution in [3.8, 4) is 0 Å². The summed E-state index contributed by atoms with van der Waals surface area (Å²) in [6, 6.07) is -7.49. The number of nitrogens with one attached hydrogen (secondary N) is 12. The molecule has 89 heavy (non-hydrogen) atoms. The molecule has 0 saturated carbocycles. The minimum atomic E-state index is -1.86. The highest BCUT2D eigenvalue weighted by Gasteiger charge is 2.42. The standard InChI is InChI=1S/C58H95N15O16/c1-11-28(5)42(69-49(80)37(61-10)22-33-18-16-15-17-19-33)53(84)67-39(26-75)51(82)65-36(20-21-41(59)77)48(79)73-46(34(14-4)25-74)56(87)70-43(29(6)12-2)54(85)68-40(27-76)52(83)72-45-32(9)89-57(88)44(30(7)13-3)71-50(81)38(23-35-24-62-58(60)64-35)66-47(78)31(8)63-55(45)86/h15-19,28-32,34-40,42-46,61,74-76H,11-14,20-27H2,1-10H3,(H2,59,77)(H,63,86)(H,65,82)(H,66,78)(H,67,84)(H,68,85)(H,69,80)(H,70,87)(H,71,81)(H,72,83)(H,73,79)(H3,60,62,64)/t28-,29-,30-,31-,32-,34+,35-,36+,37+,38-,39-,40-,42-,43-,44-,45+,46+/m0/s1. The summed E-state index contributed by atoms with van der Waals surface area (Å²) < 4.78 is 5.72. The van der Waals surface area contributed by atoms with E-state index >= 15 is 0 Å². The third kappa shape index (κ3) is 22.8. The third-order valence-corrected chi connectivity index (χ3v) is 16.1. The lowest BCUT2D eigenvalue weighted by Gasteiger charge is -2.32. The van der Waals surface area contributed by atoms with Gasteiger partial charge in [0.1, 0.15) is 66.5 Å². The van der Waals surface area contributed by atoms with Crippen molar-refractivity contribution in [3.63, 3.8) is 0 Å². The van der Waals surface area contributed by atoms with Crippen molar-refractivity contribution in [2.75, 3.05) is 33.4 Å². The largest absolute Gasteiger partial charge is 0.458 e. The van der Waals surface area contributed by atoms with Crippen LogP contribution in [0.1, 0.15) is 113 Å². The summed E-state index contributed by atoms with van der Waals surface area (Å²) in [6.07, 6.45) is -1.21. The van der Waals surface area contributed by atoms with Crippen LogP contribution < -0.4 is 75.3 Å². The van der Waals surface area contributed by atoms with Gasteiger partial charge in [0.15, 0.2) is 5.96 Å². The number of hydrogen-bond acceptors (Lipinski definition) is 20. The average Bonchev–Trinajstić information content (AvgIpc) is 2.81. The highest BCUT2D eigenvalue weighted by atomic mass is 16.5. The van der Waals surface area contributed by atoms with Gasteiger partial charge in [0, 0.05) is 18.9 Å². The van der Waals surface area contributed by atoms with Crippen LogP contribution in [-0.4, -0.2) is 204 Å². The van der Waals surface area contributed by atoms with E-state index in [9.17, 15) is 72.9 Å². The van der Waals surface area contributed by atoms with Gasteiger partial charge in [-0.3, -0.25) is 57.7 Å². The maximum Gasteiger partial charge on any atom is 0.329 e. The van der Waals surface area contributed by atoms with Crippen molar-refractivity contribution in [2.45, 2.75) is 192 Å². The Balaban J connectivity index is 1.87. The molecular weight excluding hydrogens is 1160 g/mol. The number of aliphatic imine (C=N–C) groups is 1. The predicted molar refractivity (Wildman–Crippen MR) is 323 cm³/mol. The van der Waals surface area contributed by atoms with Gasteiger partial charge in [-0.1, -0.05) is 98.1 Å². The zero-order chi connectivity index (χ0) is 66.8. The molecule has 31 nitrogen and oxygen atoms in total. The molecule has 0 radical (unpaired) electrons. The first kappa shape index (κ1) is 75.2. The number of hydrogen-bond donors (Lipinski definition) is 17. The van der Waals surface area contributed by atoms with E-state index in [1.54, 1.807) is 55.5 Å². The van der Waals surface area contributed by atoms with E-state index in [1.165, 1.54) is 13.8 Å². The molecular formula is C58H95N15O16. The summed E-state index contributed by atoms with van der Waals surface area (Å²) in [7, 11) is 1.59. The molecule has 11 amide bonds. The molecule has 0 aliphatic carbocycles. The fourth-order valence-corrected chi connectivity index (χ4v) is 9.66. The molecule has 2 aliphatic heterocycles. The number of nitrogens with zero attached hydrogens (tertiary/aromatic N) is 1. The van der Waals surface area contributed by atoms with E-state index in [-0.39, 0.29) is 38.2 Å². The number of aliphatic hydroxyl groups is 3. The van der Waals surface area contributed by atoms with Gasteiger partial charge in [-0.15, -0.1) is 0 Å². The fourth-order valence-electron chi connectivity index (χ4n) is 9.66. The molecule has 2 aliphatic rings. The number of carbonyl (C=O) groups is 12. The van der Waals surface area contributed by atoms with Crippen LogP contribution in [0.5, 0.6) is 0 Å². The zero-order valence-electron chi connectivity index (χ0n) is 52.4. The van der Waals surface area contributed by atoms with E-state index in [1.807, 2.05) is 30.3 Å². The van der Waals surface area contributed by atoms with Crippen LogP contribution in [0.4, 0.5) is 0 Å². The number of likely N-dealkylation sites (N-methyl/N-ethyl adjacent to an activating group) is 1. The average molecular weight is 1260 g/mol. The van der Waals surface area contributed by atoms with Gasteiger partial charge < -0.3 is 95.3 Å². The first-order valence-corrected chi connectivity index (χ1v) is 30.2. The lowest BCUT2D eigenvalue weighted by atomic mass is 9.93. The lowest BCUT2D eigenvalue weighted by molar-refractivity contribution is -0.157. The molecule has 1 aromatic rings. The number of esters is 1. The van der Waals surface area contributed by atoms with Crippen LogP contribution >= 0.6 is 0 Å². The van der Waals surface area contributed by atoms with Crippen molar-refractivity contribution >= 4 is 76.9 Å². The molecule has 1 aromatic carbocycles. The van der Waals surface area contributed by atoms with Gasteiger partial charge in [-0.25, -0.2) is 4.79 Å². The summed E-state index contributed by atoms with van der Waals surface area (Å²) in [6.45, 7) is 11.6. The Morgan fingerprint density at radius 3 is 1.66 bits per heavy atom. The summed E-state index contributed by atoms with van der Waals surface area (Å²) in [5, 5.41) is 62.4. The molecule has 0 unspecified atom stereocenters. The highest BCUT2D eigenvalue weighted by Crippen LogP contribution is 2.18. The minimum absolute atomic E-state index is 0.0202. The monoisotopic (exact) mass is 1260 g/mol. The Bertz CT molecular complexity index is 2630. The smallest absolute Gasteiger partial charge is 0.329 e. The van der Waals surface area contributed by atoms with Gasteiger partial charge in [-0.2, -0.15) is 0 Å². The summed E-state index contributed by atoms with van der Waals surface area (Å²) in [5.41, 5.74) is 12.1. The van der Waals surface area contributed by atoms with Crippen LogP contribution in [0.25, 0.3) is 0 Å². The lowest BCUT2D eigenvalue weighted by Crippen LogP contribution is -2.63. The van der Waals surface area contributed by atoms with Crippen molar-refractivity contribution in [2.24, 2.45) is 40.1 Å². The van der Waals surface area contributed by atoms with Crippen LogP contribution in [0.3, 0.4) is 0 Å². The number of cyclic esters (lactones) is 1. The van der Waals surface area contributed by atoms with Crippen LogP contribution in [0.2, 0.25) is 0 Å². The molecule has 2 heterocycles. The Hall–Kier alpha value is -8.03. The first-order valence-electron chi connectivity index (χ1n) is 30.2. The Morgan fingerprint density at radius 2 is 1.16 bits per heavy atom. The van der Waals surface area contributed by atoms with E-state index < -0.39 is 206 Å². The van der Waals surface area contributed by atoms with Gasteiger partial charge in [-0.05, 0) is 69.9 Å². The number of carbonyl (C=O) groups excluding carboxylic acids is 12. The molecule has 19 N–H and O–H groups in total. The van der Waals surface area contributed by atoms with Crippen molar-refractivity contribution < 1.29 is 77.6 Å². The Morgan fingerprint density at radius 1 is 0.629 bits per heavy atom. The zero-order valence-corrected chi connectivity index (χ0v) is 52.4. The molecule has 17 atom stereocenters. The molecule has 1 saturated heterocycles. The molecule has 498 valence electrons. The van der Waals surface area contributed by atoms with Gasteiger partial charge in [0.25, 0.3) is 0 Å². The molecule has 0 spiro atoms. The van der Waals surface area contributed by atoms with Crippen LogP contribution in [0.15, 0.2) is 35.3 Å². The number of ether oxygens (including phenoxy) is 1. The maximum atomic E-state index is 14.5. The molecule has 1 fully saturated rings. The van der Waals surface area contributed by atoms with Crippen molar-refractivity contribution in [3.05, 3.63) is 35.9 Å². The number of primary amides is 1. The van der Waals surface area contributed by atoms with E-state index in [2.05, 4.69) is 68.8 Å². The number of rotatable bonds is 33. The third-order valence-electron chi connectivity index (χ3n) is 16.1.